The van der Waals surface area contributed by atoms with Crippen LogP contribution >= 0.6 is 0 Å². The van der Waals surface area contributed by atoms with Crippen molar-refractivity contribution in [3.05, 3.63) is 41.8 Å². The number of rotatable bonds is 4. The lowest BCUT2D eigenvalue weighted by Crippen LogP contribution is -2.01. The van der Waals surface area contributed by atoms with E-state index in [1.54, 1.807) is 24.4 Å². The smallest absolute Gasteiger partial charge is 0.167 e. The quantitative estimate of drug-likeness (QED) is 0.886. The zero-order valence-electron chi connectivity index (χ0n) is 10.9. The molecule has 0 aliphatic rings. The molecule has 0 saturated heterocycles. The molecule has 0 radical (unpaired) electrons. The topological polar surface area (TPSA) is 60.2 Å². The van der Waals surface area contributed by atoms with Crippen molar-refractivity contribution >= 4 is 17.2 Å². The summed E-state index contributed by atoms with van der Waals surface area (Å²) in [6.45, 7) is 4.14. The van der Waals surface area contributed by atoms with Crippen molar-refractivity contribution in [2.45, 2.75) is 13.8 Å². The van der Waals surface area contributed by atoms with E-state index in [-0.39, 0.29) is 5.75 Å². The molecule has 1 aromatic heterocycles. The van der Waals surface area contributed by atoms with Gasteiger partial charge in [0.05, 0.1) is 12.3 Å². The molecular formula is C14H16FN3O. The Balaban J connectivity index is 2.21. The first-order valence-corrected chi connectivity index (χ1v) is 6.01. The Labute approximate surface area is 111 Å². The molecule has 3 N–H and O–H groups in total. The summed E-state index contributed by atoms with van der Waals surface area (Å²) in [6.07, 6.45) is 1.70. The van der Waals surface area contributed by atoms with Crippen molar-refractivity contribution < 1.29 is 9.13 Å². The van der Waals surface area contributed by atoms with Gasteiger partial charge in [0.1, 0.15) is 0 Å². The number of nitrogens with zero attached hydrogens (tertiary/aromatic N) is 1. The molecule has 4 nitrogen and oxygen atoms in total. The fraction of sp³-hybridized carbons (Fsp3) is 0.214. The molecule has 0 spiro atoms. The summed E-state index contributed by atoms with van der Waals surface area (Å²) in [7, 11) is 0. The summed E-state index contributed by atoms with van der Waals surface area (Å²) < 4.78 is 18.8. The molecule has 19 heavy (non-hydrogen) atoms. The molecule has 0 bridgehead atoms. The molecule has 0 aliphatic carbocycles. The van der Waals surface area contributed by atoms with Crippen molar-refractivity contribution in [2.24, 2.45) is 0 Å². The first-order valence-electron chi connectivity index (χ1n) is 6.01. The fourth-order valence-corrected chi connectivity index (χ4v) is 1.68. The second kappa shape index (κ2) is 5.56. The second-order valence-corrected chi connectivity index (χ2v) is 4.15. The van der Waals surface area contributed by atoms with Gasteiger partial charge < -0.3 is 15.8 Å². The van der Waals surface area contributed by atoms with Crippen LogP contribution in [0.3, 0.4) is 0 Å². The van der Waals surface area contributed by atoms with Crippen LogP contribution in [0.25, 0.3) is 0 Å². The van der Waals surface area contributed by atoms with Crippen molar-refractivity contribution in [2.75, 3.05) is 17.7 Å². The van der Waals surface area contributed by atoms with Crippen LogP contribution in [0.1, 0.15) is 12.5 Å². The number of nitrogens with one attached hydrogen (secondary N) is 1. The van der Waals surface area contributed by atoms with E-state index in [2.05, 4.69) is 10.3 Å². The van der Waals surface area contributed by atoms with Gasteiger partial charge >= 0.3 is 0 Å². The minimum Gasteiger partial charge on any atom is -0.491 e. The van der Waals surface area contributed by atoms with Crippen LogP contribution in [-0.4, -0.2) is 11.6 Å². The SMILES string of the molecule is CCOc1ccc(Nc2ncc(C)cc2N)cc1F. The third-order valence-corrected chi connectivity index (χ3v) is 2.55. The highest BCUT2D eigenvalue weighted by atomic mass is 19.1. The summed E-state index contributed by atoms with van der Waals surface area (Å²) in [5, 5.41) is 2.98. The van der Waals surface area contributed by atoms with Gasteiger partial charge in [-0.15, -0.1) is 0 Å². The molecule has 0 amide bonds. The lowest BCUT2D eigenvalue weighted by molar-refractivity contribution is 0.321. The number of aromatic nitrogens is 1. The zero-order valence-corrected chi connectivity index (χ0v) is 10.9. The number of hydrogen-bond acceptors (Lipinski definition) is 4. The summed E-state index contributed by atoms with van der Waals surface area (Å²) in [5.41, 5.74) is 7.91. The van der Waals surface area contributed by atoms with E-state index in [9.17, 15) is 4.39 Å². The Morgan fingerprint density at radius 1 is 1.37 bits per heavy atom. The monoisotopic (exact) mass is 261 g/mol. The van der Waals surface area contributed by atoms with E-state index in [1.807, 2.05) is 13.8 Å². The van der Waals surface area contributed by atoms with Crippen LogP contribution in [0.4, 0.5) is 21.6 Å². The van der Waals surface area contributed by atoms with Crippen LogP contribution in [0.2, 0.25) is 0 Å². The molecule has 5 heteroatoms. The molecule has 1 heterocycles. The van der Waals surface area contributed by atoms with Crippen molar-refractivity contribution in [1.82, 2.24) is 4.98 Å². The average molecular weight is 261 g/mol. The summed E-state index contributed by atoms with van der Waals surface area (Å²) >= 11 is 0. The first-order chi connectivity index (χ1) is 9.10. The standard InChI is InChI=1S/C14H16FN3O/c1-3-19-13-5-4-10(7-11(13)15)18-14-12(16)6-9(2)8-17-14/h4-8H,3,16H2,1-2H3,(H,17,18). The molecule has 1 aromatic carbocycles. The Morgan fingerprint density at radius 3 is 2.79 bits per heavy atom. The third kappa shape index (κ3) is 3.13. The van der Waals surface area contributed by atoms with Gasteiger partial charge in [-0.2, -0.15) is 0 Å². The predicted molar refractivity (Wildman–Crippen MR) is 74.2 cm³/mol. The summed E-state index contributed by atoms with van der Waals surface area (Å²) in [5.74, 6) is 0.324. The summed E-state index contributed by atoms with van der Waals surface area (Å²) in [4.78, 5) is 4.17. The van der Waals surface area contributed by atoms with Gasteiger partial charge in [0.2, 0.25) is 0 Å². The molecular weight excluding hydrogens is 245 g/mol. The summed E-state index contributed by atoms with van der Waals surface area (Å²) in [6, 6.07) is 6.45. The van der Waals surface area contributed by atoms with Gasteiger partial charge in [0.25, 0.3) is 0 Å². The average Bonchev–Trinajstić information content (AvgIpc) is 2.36. The largest absolute Gasteiger partial charge is 0.491 e. The molecule has 0 saturated carbocycles. The van der Waals surface area contributed by atoms with Crippen molar-refractivity contribution in [3.8, 4) is 5.75 Å². The van der Waals surface area contributed by atoms with Gasteiger partial charge in [0.15, 0.2) is 17.4 Å². The van der Waals surface area contributed by atoms with Gasteiger partial charge in [-0.3, -0.25) is 0 Å². The minimum atomic E-state index is -0.419. The Morgan fingerprint density at radius 2 is 2.16 bits per heavy atom. The normalized spacial score (nSPS) is 10.3. The van der Waals surface area contributed by atoms with Gasteiger partial charge in [-0.05, 0) is 37.6 Å². The predicted octanol–water partition coefficient (Wildman–Crippen LogP) is 3.25. The number of halogens is 1. The molecule has 100 valence electrons. The molecule has 0 fully saturated rings. The van der Waals surface area contributed by atoms with Crippen molar-refractivity contribution in [3.63, 3.8) is 0 Å². The number of hydrogen-bond donors (Lipinski definition) is 2. The number of aryl methyl sites for hydroxylation is 1. The van der Waals surface area contributed by atoms with E-state index in [0.29, 0.717) is 23.8 Å². The number of benzene rings is 1. The molecule has 0 atom stereocenters. The number of pyridine rings is 1. The first kappa shape index (κ1) is 13.1. The maximum absolute atomic E-state index is 13.7. The molecule has 0 unspecified atom stereocenters. The fourth-order valence-electron chi connectivity index (χ4n) is 1.68. The van der Waals surface area contributed by atoms with E-state index in [1.165, 1.54) is 6.07 Å². The number of nitrogen functional groups attached to an aromatic ring is 1. The second-order valence-electron chi connectivity index (χ2n) is 4.15. The maximum atomic E-state index is 13.7. The highest BCUT2D eigenvalue weighted by Gasteiger charge is 2.06. The Kier molecular flexibility index (Phi) is 3.85. The molecule has 2 rings (SSSR count). The van der Waals surface area contributed by atoms with Gasteiger partial charge in [0, 0.05) is 18.0 Å². The number of nitrogens with two attached hydrogens (primary N) is 1. The van der Waals surface area contributed by atoms with E-state index >= 15 is 0 Å². The van der Waals surface area contributed by atoms with Crippen LogP contribution in [0, 0.1) is 12.7 Å². The molecule has 0 aliphatic heterocycles. The Bertz CT molecular complexity index is 587. The van der Waals surface area contributed by atoms with Crippen molar-refractivity contribution in [1.29, 1.82) is 0 Å². The zero-order chi connectivity index (χ0) is 13.8. The van der Waals surface area contributed by atoms with E-state index in [4.69, 9.17) is 10.5 Å². The maximum Gasteiger partial charge on any atom is 0.167 e. The van der Waals surface area contributed by atoms with Crippen LogP contribution < -0.4 is 15.8 Å². The highest BCUT2D eigenvalue weighted by Crippen LogP contribution is 2.25. The Hall–Kier alpha value is -2.30. The van der Waals surface area contributed by atoms with Gasteiger partial charge in [-0.25, -0.2) is 9.37 Å². The van der Waals surface area contributed by atoms with Crippen LogP contribution in [0.15, 0.2) is 30.5 Å². The third-order valence-electron chi connectivity index (χ3n) is 2.55. The van der Waals surface area contributed by atoms with Gasteiger partial charge in [-0.1, -0.05) is 0 Å². The van der Waals surface area contributed by atoms with Crippen LogP contribution in [0.5, 0.6) is 5.75 Å². The number of ether oxygens (including phenoxy) is 1. The minimum absolute atomic E-state index is 0.234. The lowest BCUT2D eigenvalue weighted by Gasteiger charge is -2.10. The van der Waals surface area contributed by atoms with E-state index < -0.39 is 5.82 Å². The highest BCUT2D eigenvalue weighted by molar-refractivity contribution is 5.69. The van der Waals surface area contributed by atoms with Crippen LogP contribution in [-0.2, 0) is 0 Å². The van der Waals surface area contributed by atoms with E-state index in [0.717, 1.165) is 5.56 Å². The molecule has 2 aromatic rings. The number of anilines is 3. The lowest BCUT2D eigenvalue weighted by atomic mass is 10.2.